The zero-order chi connectivity index (χ0) is 13.7. The Bertz CT molecular complexity index is 591. The van der Waals surface area contributed by atoms with Crippen LogP contribution in [0.5, 0.6) is 5.75 Å². The summed E-state index contributed by atoms with van der Waals surface area (Å²) in [6.07, 6.45) is 0.738. The van der Waals surface area contributed by atoms with Crippen LogP contribution < -0.4 is 10.3 Å². The maximum absolute atomic E-state index is 11.9. The summed E-state index contributed by atoms with van der Waals surface area (Å²) in [5.41, 5.74) is 0.753. The minimum absolute atomic E-state index is 0.0130. The molecule has 2 rings (SSSR count). The van der Waals surface area contributed by atoms with Crippen molar-refractivity contribution in [3.8, 4) is 5.75 Å². The summed E-state index contributed by atoms with van der Waals surface area (Å²) >= 11 is 0. The van der Waals surface area contributed by atoms with Crippen molar-refractivity contribution in [2.45, 2.75) is 26.8 Å². The molecule has 0 bridgehead atoms. The molecule has 0 saturated heterocycles. The smallest absolute Gasteiger partial charge is 0.253 e. The van der Waals surface area contributed by atoms with Crippen LogP contribution in [0, 0.1) is 6.92 Å². The molecule has 4 heteroatoms. The summed E-state index contributed by atoms with van der Waals surface area (Å²) in [6, 6.07) is 11.1. The fourth-order valence-corrected chi connectivity index (χ4v) is 1.96. The Morgan fingerprint density at radius 3 is 2.68 bits per heavy atom. The van der Waals surface area contributed by atoms with Gasteiger partial charge in [0.2, 0.25) is 0 Å². The molecule has 0 saturated carbocycles. The van der Waals surface area contributed by atoms with Gasteiger partial charge in [-0.15, -0.1) is 0 Å². The number of rotatable bonds is 5. The lowest BCUT2D eigenvalue weighted by Gasteiger charge is -2.12. The zero-order valence-electron chi connectivity index (χ0n) is 11.3. The molecule has 0 radical (unpaired) electrons. The Kier molecular flexibility index (Phi) is 4.34. The van der Waals surface area contributed by atoms with Crippen LogP contribution in [-0.2, 0) is 13.0 Å². The van der Waals surface area contributed by atoms with Crippen molar-refractivity contribution in [3.05, 3.63) is 58.3 Å². The summed E-state index contributed by atoms with van der Waals surface area (Å²) in [6.45, 7) is 4.81. The normalized spacial score (nSPS) is 10.4. The van der Waals surface area contributed by atoms with Gasteiger partial charge in [0.1, 0.15) is 18.2 Å². The third-order valence-corrected chi connectivity index (χ3v) is 2.86. The van der Waals surface area contributed by atoms with Gasteiger partial charge in [-0.05, 0) is 19.1 Å². The SMILES string of the molecule is CCc1nc(C)cc(=O)n1CCOc1ccccc1. The molecule has 1 heterocycles. The second kappa shape index (κ2) is 6.18. The minimum Gasteiger partial charge on any atom is -0.492 e. The molecule has 0 aliphatic heterocycles. The van der Waals surface area contributed by atoms with Gasteiger partial charge in [-0.25, -0.2) is 4.98 Å². The number of nitrogens with zero attached hydrogens (tertiary/aromatic N) is 2. The highest BCUT2D eigenvalue weighted by Crippen LogP contribution is 2.08. The number of ether oxygens (including phenoxy) is 1. The van der Waals surface area contributed by atoms with E-state index in [1.165, 1.54) is 0 Å². The van der Waals surface area contributed by atoms with Crippen LogP contribution in [0.25, 0.3) is 0 Å². The summed E-state index contributed by atoms with van der Waals surface area (Å²) in [7, 11) is 0. The molecule has 4 nitrogen and oxygen atoms in total. The Morgan fingerprint density at radius 2 is 2.00 bits per heavy atom. The molecule has 2 aromatic rings. The van der Waals surface area contributed by atoms with Crippen LogP contribution in [0.2, 0.25) is 0 Å². The molecule has 1 aromatic heterocycles. The minimum atomic E-state index is -0.0130. The molecule has 0 aliphatic rings. The molecule has 0 unspecified atom stereocenters. The molecule has 0 spiro atoms. The van der Waals surface area contributed by atoms with Crippen LogP contribution in [0.3, 0.4) is 0 Å². The van der Waals surface area contributed by atoms with Crippen molar-refractivity contribution < 1.29 is 4.74 Å². The molecule has 0 aliphatic carbocycles. The summed E-state index contributed by atoms with van der Waals surface area (Å²) in [5.74, 6) is 1.62. The fourth-order valence-electron chi connectivity index (χ4n) is 1.96. The number of aryl methyl sites for hydroxylation is 2. The Balaban J connectivity index is 2.06. The third kappa shape index (κ3) is 3.44. The summed E-state index contributed by atoms with van der Waals surface area (Å²) < 4.78 is 7.28. The number of aromatic nitrogens is 2. The lowest BCUT2D eigenvalue weighted by Crippen LogP contribution is -2.27. The van der Waals surface area contributed by atoms with Gasteiger partial charge in [-0.3, -0.25) is 9.36 Å². The van der Waals surface area contributed by atoms with Gasteiger partial charge >= 0.3 is 0 Å². The molecule has 100 valence electrons. The average molecular weight is 258 g/mol. The van der Waals surface area contributed by atoms with Crippen LogP contribution in [0.4, 0.5) is 0 Å². The molecular formula is C15H18N2O2. The second-order valence-electron chi connectivity index (χ2n) is 4.32. The second-order valence-corrected chi connectivity index (χ2v) is 4.32. The van der Waals surface area contributed by atoms with Crippen LogP contribution in [-0.4, -0.2) is 16.2 Å². The summed E-state index contributed by atoms with van der Waals surface area (Å²) in [5, 5.41) is 0. The zero-order valence-corrected chi connectivity index (χ0v) is 11.3. The highest BCUT2D eigenvalue weighted by atomic mass is 16.5. The van der Waals surface area contributed by atoms with E-state index < -0.39 is 0 Å². The van der Waals surface area contributed by atoms with Crippen LogP contribution in [0.15, 0.2) is 41.2 Å². The first-order valence-corrected chi connectivity index (χ1v) is 6.46. The largest absolute Gasteiger partial charge is 0.492 e. The van der Waals surface area contributed by atoms with Crippen molar-refractivity contribution >= 4 is 0 Å². The number of hydrogen-bond acceptors (Lipinski definition) is 3. The molecule has 0 amide bonds. The van der Waals surface area contributed by atoms with E-state index >= 15 is 0 Å². The first kappa shape index (κ1) is 13.3. The fraction of sp³-hybridized carbons (Fsp3) is 0.333. The molecule has 0 atom stereocenters. The first-order valence-electron chi connectivity index (χ1n) is 6.46. The van der Waals surface area contributed by atoms with Gasteiger partial charge in [0.25, 0.3) is 5.56 Å². The van der Waals surface area contributed by atoms with Crippen molar-refractivity contribution in [2.75, 3.05) is 6.61 Å². The van der Waals surface area contributed by atoms with Gasteiger partial charge in [0.15, 0.2) is 0 Å². The highest BCUT2D eigenvalue weighted by molar-refractivity contribution is 5.20. The van der Waals surface area contributed by atoms with Crippen molar-refractivity contribution in [3.63, 3.8) is 0 Å². The Morgan fingerprint density at radius 1 is 1.26 bits per heavy atom. The quantitative estimate of drug-likeness (QED) is 0.825. The number of benzene rings is 1. The maximum Gasteiger partial charge on any atom is 0.253 e. The maximum atomic E-state index is 11.9. The molecule has 19 heavy (non-hydrogen) atoms. The van der Waals surface area contributed by atoms with Crippen molar-refractivity contribution in [1.82, 2.24) is 9.55 Å². The van der Waals surface area contributed by atoms with E-state index in [-0.39, 0.29) is 5.56 Å². The van der Waals surface area contributed by atoms with E-state index in [0.717, 1.165) is 23.7 Å². The standard InChI is InChI=1S/C15H18N2O2/c1-3-14-16-12(2)11-15(18)17(14)9-10-19-13-7-5-4-6-8-13/h4-8,11H,3,9-10H2,1-2H3. The van der Waals surface area contributed by atoms with E-state index in [0.29, 0.717) is 13.2 Å². The predicted molar refractivity (Wildman–Crippen MR) is 74.5 cm³/mol. The van der Waals surface area contributed by atoms with E-state index in [1.807, 2.05) is 44.2 Å². The van der Waals surface area contributed by atoms with Gasteiger partial charge in [0.05, 0.1) is 6.54 Å². The first-order chi connectivity index (χ1) is 9.20. The number of hydrogen-bond donors (Lipinski definition) is 0. The molecular weight excluding hydrogens is 240 g/mol. The van der Waals surface area contributed by atoms with E-state index in [9.17, 15) is 4.79 Å². The molecule has 1 aromatic carbocycles. The van der Waals surface area contributed by atoms with Crippen LogP contribution >= 0.6 is 0 Å². The lowest BCUT2D eigenvalue weighted by atomic mass is 10.3. The van der Waals surface area contributed by atoms with Crippen molar-refractivity contribution in [2.24, 2.45) is 0 Å². The van der Waals surface area contributed by atoms with E-state index in [4.69, 9.17) is 4.74 Å². The monoisotopic (exact) mass is 258 g/mol. The average Bonchev–Trinajstić information content (AvgIpc) is 2.42. The van der Waals surface area contributed by atoms with Gasteiger partial charge in [-0.2, -0.15) is 0 Å². The topological polar surface area (TPSA) is 44.1 Å². The Labute approximate surface area is 112 Å². The van der Waals surface area contributed by atoms with E-state index in [2.05, 4.69) is 4.98 Å². The van der Waals surface area contributed by atoms with E-state index in [1.54, 1.807) is 10.6 Å². The van der Waals surface area contributed by atoms with Crippen LogP contribution in [0.1, 0.15) is 18.4 Å². The third-order valence-electron chi connectivity index (χ3n) is 2.86. The summed E-state index contributed by atoms with van der Waals surface area (Å²) in [4.78, 5) is 16.3. The van der Waals surface area contributed by atoms with Gasteiger partial charge in [-0.1, -0.05) is 25.1 Å². The lowest BCUT2D eigenvalue weighted by molar-refractivity contribution is 0.293. The number of para-hydroxylation sites is 1. The van der Waals surface area contributed by atoms with Crippen molar-refractivity contribution in [1.29, 1.82) is 0 Å². The van der Waals surface area contributed by atoms with Gasteiger partial charge in [0, 0.05) is 18.2 Å². The Hall–Kier alpha value is -2.10. The van der Waals surface area contributed by atoms with Gasteiger partial charge < -0.3 is 4.74 Å². The predicted octanol–water partition coefficient (Wildman–Crippen LogP) is 2.19. The highest BCUT2D eigenvalue weighted by Gasteiger charge is 2.05. The molecule has 0 N–H and O–H groups in total. The molecule has 0 fully saturated rings.